The average Bonchev–Trinajstić information content (AvgIpc) is 2.39. The first-order valence-corrected chi connectivity index (χ1v) is 6.66. The maximum Gasteiger partial charge on any atom is 0.231 e. The van der Waals surface area contributed by atoms with Gasteiger partial charge in [0.15, 0.2) is 0 Å². The van der Waals surface area contributed by atoms with Crippen molar-refractivity contribution in [3.8, 4) is 5.75 Å². The van der Waals surface area contributed by atoms with Crippen LogP contribution in [0.3, 0.4) is 0 Å². The van der Waals surface area contributed by atoms with Crippen molar-refractivity contribution in [2.24, 2.45) is 5.41 Å². The Morgan fingerprint density at radius 3 is 2.45 bits per heavy atom. The number of halogens is 1. The van der Waals surface area contributed by atoms with E-state index in [0.717, 1.165) is 0 Å². The number of anilines is 2. The minimum atomic E-state index is -0.662. The van der Waals surface area contributed by atoms with E-state index >= 15 is 0 Å². The van der Waals surface area contributed by atoms with Gasteiger partial charge in [-0.15, -0.1) is 11.6 Å². The van der Waals surface area contributed by atoms with E-state index in [1.165, 1.54) is 14.0 Å². The molecule has 1 rings (SSSR count). The molecule has 0 spiro atoms. The van der Waals surface area contributed by atoms with Crippen molar-refractivity contribution in [1.29, 1.82) is 0 Å². The first-order valence-electron chi connectivity index (χ1n) is 6.13. The summed E-state index contributed by atoms with van der Waals surface area (Å²) in [5.74, 6) is 0.326. The molecule has 0 saturated heterocycles. The number of nitrogens with one attached hydrogen (secondary N) is 2. The van der Waals surface area contributed by atoms with E-state index in [-0.39, 0.29) is 17.7 Å². The molecule has 6 heteroatoms. The van der Waals surface area contributed by atoms with Crippen LogP contribution >= 0.6 is 11.6 Å². The van der Waals surface area contributed by atoms with Crippen LogP contribution < -0.4 is 15.4 Å². The monoisotopic (exact) mass is 298 g/mol. The summed E-state index contributed by atoms with van der Waals surface area (Å²) in [5.41, 5.74) is 0.471. The summed E-state index contributed by atoms with van der Waals surface area (Å²) in [4.78, 5) is 23.1. The largest absolute Gasteiger partial charge is 0.494 e. The fourth-order valence-corrected chi connectivity index (χ4v) is 1.54. The molecule has 5 nitrogen and oxygen atoms in total. The smallest absolute Gasteiger partial charge is 0.231 e. The third-order valence-electron chi connectivity index (χ3n) is 2.72. The van der Waals surface area contributed by atoms with E-state index < -0.39 is 5.41 Å². The van der Waals surface area contributed by atoms with Gasteiger partial charge in [-0.05, 0) is 26.0 Å². The second-order valence-electron chi connectivity index (χ2n) is 5.07. The lowest BCUT2D eigenvalue weighted by atomic mass is 9.95. The van der Waals surface area contributed by atoms with Crippen LogP contribution in [-0.2, 0) is 9.59 Å². The fraction of sp³-hybridized carbons (Fsp3) is 0.429. The Morgan fingerprint density at radius 2 is 1.95 bits per heavy atom. The lowest BCUT2D eigenvalue weighted by Gasteiger charge is -2.20. The molecule has 0 unspecified atom stereocenters. The maximum atomic E-state index is 12.0. The Balaban J connectivity index is 2.93. The van der Waals surface area contributed by atoms with Gasteiger partial charge >= 0.3 is 0 Å². The third-order valence-corrected chi connectivity index (χ3v) is 3.39. The molecule has 0 atom stereocenters. The number of amides is 2. The highest BCUT2D eigenvalue weighted by Gasteiger charge is 2.26. The predicted molar refractivity (Wildman–Crippen MR) is 80.4 cm³/mol. The molecule has 0 saturated carbocycles. The summed E-state index contributed by atoms with van der Waals surface area (Å²) >= 11 is 5.76. The van der Waals surface area contributed by atoms with Crippen LogP contribution in [-0.4, -0.2) is 24.8 Å². The van der Waals surface area contributed by atoms with Crippen LogP contribution in [0.4, 0.5) is 11.4 Å². The molecule has 0 heterocycles. The van der Waals surface area contributed by atoms with Gasteiger partial charge in [0.1, 0.15) is 5.75 Å². The number of carbonyl (C=O) groups excluding carboxylic acids is 2. The Hall–Kier alpha value is -1.75. The molecule has 1 aromatic carbocycles. The molecule has 2 amide bonds. The lowest BCUT2D eigenvalue weighted by molar-refractivity contribution is -0.123. The minimum Gasteiger partial charge on any atom is -0.494 e. The van der Waals surface area contributed by atoms with Crippen molar-refractivity contribution in [1.82, 2.24) is 0 Å². The summed E-state index contributed by atoms with van der Waals surface area (Å²) in [6, 6.07) is 5.01. The summed E-state index contributed by atoms with van der Waals surface area (Å²) in [6.07, 6.45) is 0. The Labute approximate surface area is 123 Å². The van der Waals surface area contributed by atoms with Gasteiger partial charge in [-0.3, -0.25) is 9.59 Å². The van der Waals surface area contributed by atoms with Gasteiger partial charge in [0.2, 0.25) is 11.8 Å². The maximum absolute atomic E-state index is 12.0. The molecule has 0 bridgehead atoms. The molecule has 2 N–H and O–H groups in total. The number of hydrogen-bond acceptors (Lipinski definition) is 3. The van der Waals surface area contributed by atoms with Gasteiger partial charge in [0.05, 0.1) is 18.2 Å². The predicted octanol–water partition coefficient (Wildman–Crippen LogP) is 2.86. The van der Waals surface area contributed by atoms with E-state index in [9.17, 15) is 9.59 Å². The highest BCUT2D eigenvalue weighted by atomic mass is 35.5. The second-order valence-corrected chi connectivity index (χ2v) is 5.34. The molecule has 0 aliphatic carbocycles. The normalized spacial score (nSPS) is 10.8. The van der Waals surface area contributed by atoms with E-state index in [1.807, 2.05) is 0 Å². The van der Waals surface area contributed by atoms with Crippen molar-refractivity contribution in [2.75, 3.05) is 23.6 Å². The second kappa shape index (κ2) is 6.61. The van der Waals surface area contributed by atoms with E-state index in [1.54, 1.807) is 32.0 Å². The van der Waals surface area contributed by atoms with E-state index in [0.29, 0.717) is 17.1 Å². The minimum absolute atomic E-state index is 0.179. The Kier molecular flexibility index (Phi) is 5.39. The SMILES string of the molecule is COc1cc(NC(=O)C(C)(C)CCl)ccc1NC(C)=O. The van der Waals surface area contributed by atoms with E-state index in [2.05, 4.69) is 10.6 Å². The lowest BCUT2D eigenvalue weighted by Crippen LogP contribution is -2.32. The molecular weight excluding hydrogens is 280 g/mol. The Morgan fingerprint density at radius 1 is 1.30 bits per heavy atom. The zero-order valence-electron chi connectivity index (χ0n) is 12.0. The van der Waals surface area contributed by atoms with Gasteiger partial charge in [-0.1, -0.05) is 0 Å². The number of hydrogen-bond donors (Lipinski definition) is 2. The number of benzene rings is 1. The van der Waals surface area contributed by atoms with Crippen molar-refractivity contribution in [3.05, 3.63) is 18.2 Å². The van der Waals surface area contributed by atoms with Crippen LogP contribution in [0.15, 0.2) is 18.2 Å². The number of alkyl halides is 1. The average molecular weight is 299 g/mol. The van der Waals surface area contributed by atoms with Gasteiger partial charge < -0.3 is 15.4 Å². The van der Waals surface area contributed by atoms with Crippen molar-refractivity contribution >= 4 is 34.8 Å². The van der Waals surface area contributed by atoms with Crippen molar-refractivity contribution in [2.45, 2.75) is 20.8 Å². The van der Waals surface area contributed by atoms with Crippen LogP contribution in [0.5, 0.6) is 5.75 Å². The summed E-state index contributed by atoms with van der Waals surface area (Å²) < 4.78 is 5.19. The standard InChI is InChI=1S/C14H19ClN2O3/c1-9(18)16-11-6-5-10(7-12(11)20-4)17-13(19)14(2,3)8-15/h5-7H,8H2,1-4H3,(H,16,18)(H,17,19). The first-order chi connectivity index (χ1) is 9.30. The van der Waals surface area contributed by atoms with Gasteiger partial charge in [0, 0.05) is 24.6 Å². The van der Waals surface area contributed by atoms with Crippen LogP contribution in [0.2, 0.25) is 0 Å². The van der Waals surface area contributed by atoms with Crippen molar-refractivity contribution in [3.63, 3.8) is 0 Å². The zero-order valence-corrected chi connectivity index (χ0v) is 12.8. The summed E-state index contributed by atoms with van der Waals surface area (Å²) in [5, 5.41) is 5.42. The molecule has 0 radical (unpaired) electrons. The highest BCUT2D eigenvalue weighted by molar-refractivity contribution is 6.20. The molecule has 0 aliphatic heterocycles. The first kappa shape index (κ1) is 16.3. The summed E-state index contributed by atoms with van der Waals surface area (Å²) in [6.45, 7) is 4.94. The molecule has 20 heavy (non-hydrogen) atoms. The van der Waals surface area contributed by atoms with Gasteiger partial charge in [-0.2, -0.15) is 0 Å². The Bertz CT molecular complexity index is 515. The number of rotatable bonds is 5. The van der Waals surface area contributed by atoms with Crippen LogP contribution in [0, 0.1) is 5.41 Å². The molecule has 110 valence electrons. The molecule has 0 aliphatic rings. The molecule has 0 fully saturated rings. The number of carbonyl (C=O) groups is 2. The molecule has 0 aromatic heterocycles. The molecular formula is C14H19ClN2O3. The third kappa shape index (κ3) is 4.13. The van der Waals surface area contributed by atoms with Crippen molar-refractivity contribution < 1.29 is 14.3 Å². The van der Waals surface area contributed by atoms with Crippen LogP contribution in [0.25, 0.3) is 0 Å². The zero-order chi connectivity index (χ0) is 15.3. The number of ether oxygens (including phenoxy) is 1. The quantitative estimate of drug-likeness (QED) is 0.821. The fourth-order valence-electron chi connectivity index (χ4n) is 1.42. The summed E-state index contributed by atoms with van der Waals surface area (Å²) in [7, 11) is 1.49. The molecule has 1 aromatic rings. The topological polar surface area (TPSA) is 67.4 Å². The van der Waals surface area contributed by atoms with Crippen LogP contribution in [0.1, 0.15) is 20.8 Å². The highest BCUT2D eigenvalue weighted by Crippen LogP contribution is 2.29. The van der Waals surface area contributed by atoms with Gasteiger partial charge in [0.25, 0.3) is 0 Å². The van der Waals surface area contributed by atoms with E-state index in [4.69, 9.17) is 16.3 Å². The number of methoxy groups -OCH3 is 1. The van der Waals surface area contributed by atoms with Gasteiger partial charge in [-0.25, -0.2) is 0 Å².